The van der Waals surface area contributed by atoms with E-state index in [4.69, 9.17) is 16.3 Å². The Balaban J connectivity index is 2.12. The van der Waals surface area contributed by atoms with Gasteiger partial charge in [-0.25, -0.2) is 4.79 Å². The minimum atomic E-state index is -1.19. The summed E-state index contributed by atoms with van der Waals surface area (Å²) in [6, 6.07) is 5.32. The highest BCUT2D eigenvalue weighted by atomic mass is 35.5. The molecule has 6 nitrogen and oxygen atoms in total. The first-order chi connectivity index (χ1) is 9.59. The number of morpholine rings is 1. The number of hydrogen-bond donors (Lipinski definition) is 3. The number of amides is 1. The topological polar surface area (TPSA) is 87.7 Å². The Hall–Kier alpha value is -1.63. The van der Waals surface area contributed by atoms with Gasteiger partial charge < -0.3 is 20.5 Å². The average Bonchev–Trinajstić information content (AvgIpc) is 2.46. The monoisotopic (exact) mass is 298 g/mol. The first-order valence-corrected chi connectivity index (χ1v) is 6.57. The normalized spacial score (nSPS) is 20.1. The summed E-state index contributed by atoms with van der Waals surface area (Å²) in [5.74, 6) is -1.64. The molecule has 1 saturated heterocycles. The molecule has 108 valence electrons. The number of hydrogen-bond acceptors (Lipinski definition) is 4. The van der Waals surface area contributed by atoms with E-state index in [9.17, 15) is 14.7 Å². The van der Waals surface area contributed by atoms with Crippen LogP contribution in [0.5, 0.6) is 0 Å². The molecule has 2 atom stereocenters. The zero-order valence-corrected chi connectivity index (χ0v) is 11.4. The second kappa shape index (κ2) is 6.69. The summed E-state index contributed by atoms with van der Waals surface area (Å²) in [4.78, 5) is 23.4. The van der Waals surface area contributed by atoms with Crippen LogP contribution in [0.3, 0.4) is 0 Å². The molecular weight excluding hydrogens is 284 g/mol. The van der Waals surface area contributed by atoms with Crippen LogP contribution in [0.15, 0.2) is 24.3 Å². The van der Waals surface area contributed by atoms with Crippen molar-refractivity contribution in [1.82, 2.24) is 10.6 Å². The van der Waals surface area contributed by atoms with E-state index in [-0.39, 0.29) is 0 Å². The molecule has 0 spiro atoms. The van der Waals surface area contributed by atoms with Crippen molar-refractivity contribution in [3.63, 3.8) is 0 Å². The molecule has 2 rings (SSSR count). The molecule has 0 radical (unpaired) electrons. The standard InChI is InChI=1S/C13H15ClN2O4/c14-9-4-2-1-3-8(9)11(13(18)19)16-12(17)10-7-15-5-6-20-10/h1-4,10-11,15H,5-7H2,(H,16,17)(H,18,19)/t10?,11-/m1/s1. The third kappa shape index (κ3) is 3.47. The minimum absolute atomic E-state index is 0.294. The summed E-state index contributed by atoms with van der Waals surface area (Å²) in [7, 11) is 0. The van der Waals surface area contributed by atoms with Gasteiger partial charge in [-0.05, 0) is 6.07 Å². The maximum atomic E-state index is 12.0. The highest BCUT2D eigenvalue weighted by molar-refractivity contribution is 6.31. The Kier molecular flexibility index (Phi) is 4.94. The molecule has 1 aromatic carbocycles. The number of rotatable bonds is 4. The Labute approximate surface area is 121 Å². The largest absolute Gasteiger partial charge is 0.479 e. The number of benzene rings is 1. The highest BCUT2D eigenvalue weighted by Crippen LogP contribution is 2.23. The zero-order chi connectivity index (χ0) is 14.5. The maximum absolute atomic E-state index is 12.0. The van der Waals surface area contributed by atoms with Crippen LogP contribution in [0.4, 0.5) is 0 Å². The van der Waals surface area contributed by atoms with Crippen molar-refractivity contribution in [1.29, 1.82) is 0 Å². The number of ether oxygens (including phenoxy) is 1. The molecule has 3 N–H and O–H groups in total. The van der Waals surface area contributed by atoms with Gasteiger partial charge in [0.05, 0.1) is 6.61 Å². The van der Waals surface area contributed by atoms with Gasteiger partial charge in [0.25, 0.3) is 5.91 Å². The molecule has 1 aliphatic rings. The Morgan fingerprint density at radius 2 is 2.20 bits per heavy atom. The van der Waals surface area contributed by atoms with Crippen LogP contribution in [0.25, 0.3) is 0 Å². The van der Waals surface area contributed by atoms with Gasteiger partial charge >= 0.3 is 5.97 Å². The van der Waals surface area contributed by atoms with E-state index in [0.29, 0.717) is 30.3 Å². The van der Waals surface area contributed by atoms with Crippen LogP contribution in [0, 0.1) is 0 Å². The molecule has 1 heterocycles. The Morgan fingerprint density at radius 1 is 1.45 bits per heavy atom. The van der Waals surface area contributed by atoms with Crippen LogP contribution in [0.1, 0.15) is 11.6 Å². The summed E-state index contributed by atoms with van der Waals surface area (Å²) >= 11 is 5.97. The molecule has 0 saturated carbocycles. The smallest absolute Gasteiger partial charge is 0.330 e. The number of carbonyl (C=O) groups is 2. The summed E-state index contributed by atoms with van der Waals surface area (Å²) in [5.41, 5.74) is 0.346. The van der Waals surface area contributed by atoms with E-state index in [1.165, 1.54) is 0 Å². The lowest BCUT2D eigenvalue weighted by Gasteiger charge is -2.24. The van der Waals surface area contributed by atoms with Gasteiger partial charge in [0.1, 0.15) is 6.10 Å². The fourth-order valence-electron chi connectivity index (χ4n) is 1.95. The van der Waals surface area contributed by atoms with E-state index in [1.54, 1.807) is 24.3 Å². The number of carbonyl (C=O) groups excluding carboxylic acids is 1. The van der Waals surface area contributed by atoms with Gasteiger partial charge in [-0.1, -0.05) is 29.8 Å². The molecule has 0 bridgehead atoms. The van der Waals surface area contributed by atoms with Crippen LogP contribution in [0.2, 0.25) is 5.02 Å². The summed E-state index contributed by atoms with van der Waals surface area (Å²) in [5, 5.41) is 15.0. The van der Waals surface area contributed by atoms with E-state index >= 15 is 0 Å². The second-order valence-electron chi connectivity index (χ2n) is 4.36. The maximum Gasteiger partial charge on any atom is 0.330 e. The van der Waals surface area contributed by atoms with Crippen molar-refractivity contribution in [3.05, 3.63) is 34.9 Å². The van der Waals surface area contributed by atoms with Crippen LogP contribution in [-0.4, -0.2) is 42.8 Å². The molecular formula is C13H15ClN2O4. The Morgan fingerprint density at radius 3 is 2.80 bits per heavy atom. The predicted octanol–water partition coefficient (Wildman–Crippen LogP) is 0.570. The summed E-state index contributed by atoms with van der Waals surface area (Å²) in [6.07, 6.45) is -0.687. The molecule has 7 heteroatoms. The second-order valence-corrected chi connectivity index (χ2v) is 4.77. The molecule has 20 heavy (non-hydrogen) atoms. The number of aliphatic carboxylic acids is 1. The van der Waals surface area contributed by atoms with Crippen molar-refractivity contribution in [2.45, 2.75) is 12.1 Å². The van der Waals surface area contributed by atoms with E-state index in [2.05, 4.69) is 10.6 Å². The van der Waals surface area contributed by atoms with Gasteiger partial charge in [0.2, 0.25) is 0 Å². The van der Waals surface area contributed by atoms with Crippen LogP contribution < -0.4 is 10.6 Å². The first-order valence-electron chi connectivity index (χ1n) is 6.19. The van der Waals surface area contributed by atoms with Crippen LogP contribution in [-0.2, 0) is 14.3 Å². The summed E-state index contributed by atoms with van der Waals surface area (Å²) < 4.78 is 5.29. The third-order valence-corrected chi connectivity index (χ3v) is 3.31. The average molecular weight is 299 g/mol. The van der Waals surface area contributed by atoms with E-state index < -0.39 is 24.0 Å². The zero-order valence-electron chi connectivity index (χ0n) is 10.6. The molecule has 1 aliphatic heterocycles. The van der Waals surface area contributed by atoms with E-state index in [0.717, 1.165) is 0 Å². The molecule has 1 amide bonds. The third-order valence-electron chi connectivity index (χ3n) is 2.97. The van der Waals surface area contributed by atoms with Gasteiger partial charge in [-0.2, -0.15) is 0 Å². The fraction of sp³-hybridized carbons (Fsp3) is 0.385. The molecule has 1 unspecified atom stereocenters. The van der Waals surface area contributed by atoms with Crippen LogP contribution >= 0.6 is 11.6 Å². The van der Waals surface area contributed by atoms with E-state index in [1.807, 2.05) is 0 Å². The number of nitrogens with one attached hydrogen (secondary N) is 2. The molecule has 0 aliphatic carbocycles. The van der Waals surface area contributed by atoms with Crippen molar-refractivity contribution in [2.24, 2.45) is 0 Å². The SMILES string of the molecule is O=C(N[C@@H](C(=O)O)c1ccccc1Cl)C1CNCCO1. The van der Waals surface area contributed by atoms with Crippen molar-refractivity contribution < 1.29 is 19.4 Å². The fourth-order valence-corrected chi connectivity index (χ4v) is 2.20. The number of carboxylic acid groups (broad SMARTS) is 1. The number of carboxylic acids is 1. The minimum Gasteiger partial charge on any atom is -0.479 e. The first kappa shape index (κ1) is 14.8. The van der Waals surface area contributed by atoms with Gasteiger partial charge in [0.15, 0.2) is 6.04 Å². The highest BCUT2D eigenvalue weighted by Gasteiger charge is 2.29. The molecule has 1 fully saturated rings. The quantitative estimate of drug-likeness (QED) is 0.756. The summed E-state index contributed by atoms with van der Waals surface area (Å²) in [6.45, 7) is 1.46. The van der Waals surface area contributed by atoms with Gasteiger partial charge in [0, 0.05) is 23.7 Å². The number of halogens is 1. The van der Waals surface area contributed by atoms with Crippen molar-refractivity contribution in [3.8, 4) is 0 Å². The molecule has 1 aromatic rings. The van der Waals surface area contributed by atoms with Gasteiger partial charge in [-0.15, -0.1) is 0 Å². The lowest BCUT2D eigenvalue weighted by molar-refractivity contribution is -0.145. The Bertz CT molecular complexity index is 503. The van der Waals surface area contributed by atoms with Crippen molar-refractivity contribution >= 4 is 23.5 Å². The predicted molar refractivity (Wildman–Crippen MR) is 72.6 cm³/mol. The van der Waals surface area contributed by atoms with Crippen molar-refractivity contribution in [2.75, 3.05) is 19.7 Å². The van der Waals surface area contributed by atoms with Gasteiger partial charge in [-0.3, -0.25) is 4.79 Å². The lowest BCUT2D eigenvalue weighted by Crippen LogP contribution is -2.49. The lowest BCUT2D eigenvalue weighted by atomic mass is 10.1. The molecule has 0 aromatic heterocycles.